The van der Waals surface area contributed by atoms with Gasteiger partial charge in [-0.3, -0.25) is 0 Å². The van der Waals surface area contributed by atoms with E-state index in [1.807, 2.05) is 0 Å². The van der Waals surface area contributed by atoms with Gasteiger partial charge in [-0.2, -0.15) is 4.31 Å². The normalized spacial score (nSPS) is 12.0. The molecule has 0 heterocycles. The van der Waals surface area contributed by atoms with Crippen LogP contribution < -0.4 is 9.04 Å². The first kappa shape index (κ1) is 17.1. The van der Waals surface area contributed by atoms with Crippen LogP contribution in [-0.4, -0.2) is 21.8 Å². The van der Waals surface area contributed by atoms with Crippen LogP contribution in [0.1, 0.15) is 5.56 Å². The Morgan fingerprint density at radius 3 is 1.91 bits per heavy atom. The number of ether oxygens (including phenoxy) is 1. The molecular weight excluding hydrogens is 331 g/mol. The van der Waals surface area contributed by atoms with Crippen LogP contribution in [0.3, 0.4) is 0 Å². The van der Waals surface area contributed by atoms with Crippen LogP contribution >= 0.6 is 0 Å². The van der Waals surface area contributed by atoms with E-state index in [-0.39, 0.29) is 0 Å². The number of sulfonamides is 1. The summed E-state index contributed by atoms with van der Waals surface area (Å²) < 4.78 is 69.2. The first-order valence-corrected chi connectivity index (χ1v) is 7.93. The molecule has 2 aromatic carbocycles. The number of anilines is 1. The van der Waals surface area contributed by atoms with Crippen molar-refractivity contribution in [2.45, 2.75) is 18.1 Å². The molecule has 0 unspecified atom stereocenters. The van der Waals surface area contributed by atoms with E-state index in [2.05, 4.69) is 0 Å². The smallest absolute Gasteiger partial charge is 0.497 e. The highest BCUT2D eigenvalue weighted by atomic mass is 32.2. The van der Waals surface area contributed by atoms with E-state index in [9.17, 15) is 21.6 Å². The fraction of sp³-hybridized carbons (Fsp3) is 0.200. The molecule has 124 valence electrons. The molecule has 23 heavy (non-hydrogen) atoms. The Hall–Kier alpha value is -2.22. The zero-order chi connectivity index (χ0) is 17.3. The molecule has 0 fully saturated rings. The predicted molar refractivity (Wildman–Crippen MR) is 79.9 cm³/mol. The summed E-state index contributed by atoms with van der Waals surface area (Å²) in [5.41, 5.74) is 0.228. The summed E-state index contributed by atoms with van der Waals surface area (Å²) in [7, 11) is -3.42. The van der Waals surface area contributed by atoms with E-state index in [4.69, 9.17) is 4.74 Å². The SMILES string of the molecule is COc1ccc(N(C(F)(F)F)S(=O)(=O)c2ccc(C)cc2)cc1. The zero-order valence-corrected chi connectivity index (χ0v) is 13.1. The van der Waals surface area contributed by atoms with Crippen LogP contribution in [-0.2, 0) is 10.0 Å². The molecule has 2 rings (SSSR count). The molecule has 0 aliphatic carbocycles. The average Bonchev–Trinajstić information content (AvgIpc) is 2.47. The highest BCUT2D eigenvalue weighted by molar-refractivity contribution is 7.92. The average molecular weight is 345 g/mol. The molecule has 8 heteroatoms. The first-order valence-electron chi connectivity index (χ1n) is 6.49. The summed E-state index contributed by atoms with van der Waals surface area (Å²) >= 11 is 0. The monoisotopic (exact) mass is 345 g/mol. The highest BCUT2D eigenvalue weighted by Gasteiger charge is 2.46. The van der Waals surface area contributed by atoms with Crippen molar-refractivity contribution in [2.24, 2.45) is 0 Å². The topological polar surface area (TPSA) is 46.6 Å². The van der Waals surface area contributed by atoms with Gasteiger partial charge < -0.3 is 4.74 Å². The number of aryl methyl sites for hydroxylation is 1. The second-order valence-corrected chi connectivity index (χ2v) is 6.54. The Morgan fingerprint density at radius 2 is 1.48 bits per heavy atom. The van der Waals surface area contributed by atoms with E-state index in [0.717, 1.165) is 29.8 Å². The van der Waals surface area contributed by atoms with E-state index < -0.39 is 31.2 Å². The quantitative estimate of drug-likeness (QED) is 0.794. The van der Waals surface area contributed by atoms with Gasteiger partial charge in [0.15, 0.2) is 0 Å². The lowest BCUT2D eigenvalue weighted by Gasteiger charge is -2.26. The van der Waals surface area contributed by atoms with Crippen molar-refractivity contribution in [3.63, 3.8) is 0 Å². The molecule has 0 aromatic heterocycles. The number of alkyl halides is 3. The Labute approximate surface area is 132 Å². The molecule has 0 spiro atoms. The standard InChI is InChI=1S/C15H14F3NO3S/c1-11-3-9-14(10-4-11)23(20,21)19(15(16,17)18)12-5-7-13(22-2)8-6-12/h3-10H,1-2H3. The van der Waals surface area contributed by atoms with Crippen LogP contribution in [0.15, 0.2) is 53.4 Å². The van der Waals surface area contributed by atoms with Gasteiger partial charge in [-0.05, 0) is 43.3 Å². The number of nitrogens with zero attached hydrogens (tertiary/aromatic N) is 1. The molecule has 0 aliphatic rings. The molecule has 2 aromatic rings. The minimum atomic E-state index is -5.10. The third kappa shape index (κ3) is 3.58. The summed E-state index contributed by atoms with van der Waals surface area (Å²) in [6.45, 7) is 1.71. The second kappa shape index (κ2) is 6.11. The van der Waals surface area contributed by atoms with Crippen molar-refractivity contribution in [1.82, 2.24) is 0 Å². The van der Waals surface area contributed by atoms with Crippen molar-refractivity contribution in [2.75, 3.05) is 11.4 Å². The van der Waals surface area contributed by atoms with Gasteiger partial charge in [0.1, 0.15) is 5.75 Å². The summed E-state index contributed by atoms with van der Waals surface area (Å²) in [6.07, 6.45) is -5.10. The van der Waals surface area contributed by atoms with Crippen LogP contribution in [0.25, 0.3) is 0 Å². The number of benzene rings is 2. The van der Waals surface area contributed by atoms with E-state index in [1.54, 1.807) is 6.92 Å². The lowest BCUT2D eigenvalue weighted by atomic mass is 10.2. The number of halogens is 3. The maximum atomic E-state index is 13.4. The number of rotatable bonds is 4. The Kier molecular flexibility index (Phi) is 4.56. The largest absolute Gasteiger partial charge is 0.498 e. The van der Waals surface area contributed by atoms with Crippen molar-refractivity contribution >= 4 is 15.7 Å². The van der Waals surface area contributed by atoms with Gasteiger partial charge in [0, 0.05) is 0 Å². The van der Waals surface area contributed by atoms with Crippen LogP contribution in [0, 0.1) is 6.92 Å². The van der Waals surface area contributed by atoms with Crippen molar-refractivity contribution in [3.05, 3.63) is 54.1 Å². The van der Waals surface area contributed by atoms with Gasteiger partial charge in [-0.15, -0.1) is 13.2 Å². The van der Waals surface area contributed by atoms with Crippen LogP contribution in [0.2, 0.25) is 0 Å². The fourth-order valence-electron chi connectivity index (χ4n) is 1.95. The summed E-state index contributed by atoms with van der Waals surface area (Å²) in [5.74, 6) is 0.323. The maximum Gasteiger partial charge on any atom is 0.498 e. The van der Waals surface area contributed by atoms with Crippen LogP contribution in [0.4, 0.5) is 18.9 Å². The minimum absolute atomic E-state index is 0.323. The molecule has 4 nitrogen and oxygen atoms in total. The summed E-state index contributed by atoms with van der Waals surface area (Å²) in [4.78, 5) is -0.434. The van der Waals surface area contributed by atoms with Crippen molar-refractivity contribution in [3.8, 4) is 5.75 Å². The first-order chi connectivity index (χ1) is 10.7. The molecule has 0 saturated carbocycles. The van der Waals surface area contributed by atoms with Crippen LogP contribution in [0.5, 0.6) is 5.75 Å². The van der Waals surface area contributed by atoms with Gasteiger partial charge in [0.25, 0.3) is 10.0 Å². The molecule has 0 amide bonds. The molecular formula is C15H14F3NO3S. The predicted octanol–water partition coefficient (Wildman–Crippen LogP) is 3.72. The van der Waals surface area contributed by atoms with E-state index in [0.29, 0.717) is 5.75 Å². The summed E-state index contributed by atoms with van der Waals surface area (Å²) in [5, 5.41) is 0. The lowest BCUT2D eigenvalue weighted by molar-refractivity contribution is -0.115. The zero-order valence-electron chi connectivity index (χ0n) is 12.3. The maximum absolute atomic E-state index is 13.4. The molecule has 0 N–H and O–H groups in total. The van der Waals surface area contributed by atoms with Crippen molar-refractivity contribution < 1.29 is 26.3 Å². The van der Waals surface area contributed by atoms with Gasteiger partial charge in [-0.25, -0.2) is 8.42 Å². The second-order valence-electron chi connectivity index (χ2n) is 4.75. The lowest BCUT2D eigenvalue weighted by Crippen LogP contribution is -2.42. The van der Waals surface area contributed by atoms with Gasteiger partial charge >= 0.3 is 6.30 Å². The van der Waals surface area contributed by atoms with Gasteiger partial charge in [-0.1, -0.05) is 17.7 Å². The van der Waals surface area contributed by atoms with Gasteiger partial charge in [0.2, 0.25) is 0 Å². The highest BCUT2D eigenvalue weighted by Crippen LogP contribution is 2.35. The molecule has 0 aliphatic heterocycles. The minimum Gasteiger partial charge on any atom is -0.497 e. The van der Waals surface area contributed by atoms with E-state index >= 15 is 0 Å². The van der Waals surface area contributed by atoms with Crippen molar-refractivity contribution in [1.29, 1.82) is 0 Å². The Morgan fingerprint density at radius 1 is 0.957 bits per heavy atom. The molecule has 0 bridgehead atoms. The molecule has 0 saturated heterocycles. The van der Waals surface area contributed by atoms with E-state index in [1.165, 1.54) is 31.4 Å². The molecule has 0 radical (unpaired) electrons. The third-order valence-corrected chi connectivity index (χ3v) is 4.86. The fourth-order valence-corrected chi connectivity index (χ4v) is 3.32. The number of hydrogen-bond donors (Lipinski definition) is 0. The number of hydrogen-bond acceptors (Lipinski definition) is 3. The number of methoxy groups -OCH3 is 1. The third-order valence-electron chi connectivity index (χ3n) is 3.10. The Bertz CT molecular complexity index is 769. The Balaban J connectivity index is 2.56. The molecule has 0 atom stereocenters. The summed E-state index contributed by atoms with van der Waals surface area (Å²) in [6, 6.07) is 9.78. The van der Waals surface area contributed by atoms with Gasteiger partial charge in [0.05, 0.1) is 17.7 Å².